The van der Waals surface area contributed by atoms with Crippen molar-refractivity contribution >= 4 is 17.4 Å². The monoisotopic (exact) mass is 267 g/mol. The average Bonchev–Trinajstić information content (AvgIpc) is 2.45. The van der Waals surface area contributed by atoms with Gasteiger partial charge in [0, 0.05) is 23.5 Å². The first-order valence-electron chi connectivity index (χ1n) is 6.79. The van der Waals surface area contributed by atoms with Crippen LogP contribution in [0, 0.1) is 6.92 Å². The maximum Gasteiger partial charge on any atom is 0.258 e. The zero-order valence-corrected chi connectivity index (χ0v) is 11.5. The molecule has 2 heterocycles. The van der Waals surface area contributed by atoms with Gasteiger partial charge in [-0.05, 0) is 43.5 Å². The van der Waals surface area contributed by atoms with Crippen molar-refractivity contribution in [2.45, 2.75) is 19.8 Å². The van der Waals surface area contributed by atoms with Crippen LogP contribution in [0.15, 0.2) is 36.4 Å². The molecule has 4 heteroatoms. The van der Waals surface area contributed by atoms with Gasteiger partial charge in [0.1, 0.15) is 5.82 Å². The highest BCUT2D eigenvalue weighted by molar-refractivity contribution is 6.07. The van der Waals surface area contributed by atoms with E-state index in [1.54, 1.807) is 12.1 Å². The van der Waals surface area contributed by atoms with Gasteiger partial charge in [-0.3, -0.25) is 4.79 Å². The van der Waals surface area contributed by atoms with Crippen molar-refractivity contribution in [2.24, 2.45) is 0 Å². The fourth-order valence-electron chi connectivity index (χ4n) is 2.72. The Morgan fingerprint density at radius 2 is 2.10 bits per heavy atom. The third kappa shape index (κ3) is 2.25. The van der Waals surface area contributed by atoms with Crippen molar-refractivity contribution < 1.29 is 4.79 Å². The summed E-state index contributed by atoms with van der Waals surface area (Å²) in [6, 6.07) is 11.5. The molecule has 1 aromatic heterocycles. The smallest absolute Gasteiger partial charge is 0.258 e. The van der Waals surface area contributed by atoms with Gasteiger partial charge in [0.2, 0.25) is 0 Å². The lowest BCUT2D eigenvalue weighted by molar-refractivity contribution is 0.0985. The number of carbonyl (C=O) groups is 1. The van der Waals surface area contributed by atoms with Crippen LogP contribution < -0.4 is 10.6 Å². The topological polar surface area (TPSA) is 59.2 Å². The Morgan fingerprint density at radius 3 is 2.90 bits per heavy atom. The van der Waals surface area contributed by atoms with Crippen LogP contribution in [-0.2, 0) is 6.42 Å². The molecule has 4 nitrogen and oxygen atoms in total. The van der Waals surface area contributed by atoms with E-state index in [-0.39, 0.29) is 5.91 Å². The van der Waals surface area contributed by atoms with Gasteiger partial charge >= 0.3 is 0 Å². The lowest BCUT2D eigenvalue weighted by atomic mass is 10.0. The molecule has 0 bridgehead atoms. The molecule has 0 unspecified atom stereocenters. The number of nitrogen functional groups attached to an aromatic ring is 1. The third-order valence-corrected chi connectivity index (χ3v) is 3.58. The van der Waals surface area contributed by atoms with Crippen molar-refractivity contribution in [3.8, 4) is 0 Å². The van der Waals surface area contributed by atoms with E-state index >= 15 is 0 Å². The SMILES string of the molecule is Cc1cc(C(=O)N2CCCc3ccccc32)cc(N)n1. The molecular formula is C16H17N3O. The number of aromatic nitrogens is 1. The van der Waals surface area contributed by atoms with E-state index in [1.807, 2.05) is 30.0 Å². The first-order valence-corrected chi connectivity index (χ1v) is 6.79. The summed E-state index contributed by atoms with van der Waals surface area (Å²) in [6.45, 7) is 2.59. The minimum Gasteiger partial charge on any atom is -0.384 e. The highest BCUT2D eigenvalue weighted by Gasteiger charge is 2.23. The molecule has 1 aliphatic rings. The number of hydrogen-bond acceptors (Lipinski definition) is 3. The number of pyridine rings is 1. The Morgan fingerprint density at radius 1 is 1.30 bits per heavy atom. The Balaban J connectivity index is 1.99. The number of hydrogen-bond donors (Lipinski definition) is 1. The Hall–Kier alpha value is -2.36. The van der Waals surface area contributed by atoms with Gasteiger partial charge in [0.15, 0.2) is 0 Å². The first-order chi connectivity index (χ1) is 9.65. The molecule has 0 atom stereocenters. The molecule has 20 heavy (non-hydrogen) atoms. The van der Waals surface area contributed by atoms with E-state index in [0.29, 0.717) is 11.4 Å². The van der Waals surface area contributed by atoms with Crippen LogP contribution in [0.3, 0.4) is 0 Å². The van der Waals surface area contributed by atoms with Crippen molar-refractivity contribution in [3.05, 3.63) is 53.2 Å². The van der Waals surface area contributed by atoms with Crippen LogP contribution in [-0.4, -0.2) is 17.4 Å². The van der Waals surface area contributed by atoms with Crippen LogP contribution in [0.4, 0.5) is 11.5 Å². The third-order valence-electron chi connectivity index (χ3n) is 3.58. The molecular weight excluding hydrogens is 250 g/mol. The highest BCUT2D eigenvalue weighted by atomic mass is 16.2. The van der Waals surface area contributed by atoms with E-state index in [2.05, 4.69) is 11.1 Å². The van der Waals surface area contributed by atoms with Crippen molar-refractivity contribution in [1.29, 1.82) is 0 Å². The zero-order chi connectivity index (χ0) is 14.1. The summed E-state index contributed by atoms with van der Waals surface area (Å²) in [5.74, 6) is 0.382. The molecule has 0 radical (unpaired) electrons. The predicted molar refractivity (Wildman–Crippen MR) is 79.8 cm³/mol. The van der Waals surface area contributed by atoms with Crippen molar-refractivity contribution in [1.82, 2.24) is 4.98 Å². The number of nitrogens with zero attached hydrogens (tertiary/aromatic N) is 2. The molecule has 102 valence electrons. The number of amides is 1. The Labute approximate surface area is 118 Å². The van der Waals surface area contributed by atoms with Crippen LogP contribution in [0.2, 0.25) is 0 Å². The van der Waals surface area contributed by atoms with Crippen molar-refractivity contribution in [3.63, 3.8) is 0 Å². The first kappa shape index (κ1) is 12.7. The van der Waals surface area contributed by atoms with E-state index in [9.17, 15) is 4.79 Å². The largest absolute Gasteiger partial charge is 0.384 e. The van der Waals surface area contributed by atoms with Crippen LogP contribution in [0.1, 0.15) is 28.0 Å². The molecule has 1 aromatic carbocycles. The van der Waals surface area contributed by atoms with Gasteiger partial charge in [0.25, 0.3) is 5.91 Å². The minimum absolute atomic E-state index is 0.00523. The fraction of sp³-hybridized carbons (Fsp3) is 0.250. The summed E-state index contributed by atoms with van der Waals surface area (Å²) in [5, 5.41) is 0. The second-order valence-electron chi connectivity index (χ2n) is 5.11. The average molecular weight is 267 g/mol. The lowest BCUT2D eigenvalue weighted by Gasteiger charge is -2.29. The van der Waals surface area contributed by atoms with Crippen LogP contribution in [0.5, 0.6) is 0 Å². The summed E-state index contributed by atoms with van der Waals surface area (Å²) in [7, 11) is 0. The molecule has 0 fully saturated rings. The number of carbonyl (C=O) groups excluding carboxylic acids is 1. The second kappa shape index (κ2) is 4.96. The lowest BCUT2D eigenvalue weighted by Crippen LogP contribution is -2.35. The molecule has 0 saturated carbocycles. The molecule has 0 spiro atoms. The predicted octanol–water partition coefficient (Wildman–Crippen LogP) is 2.57. The summed E-state index contributed by atoms with van der Waals surface area (Å²) in [5.41, 5.74) is 9.34. The molecule has 2 N–H and O–H groups in total. The highest BCUT2D eigenvalue weighted by Crippen LogP contribution is 2.28. The van der Waals surface area contributed by atoms with Gasteiger partial charge in [-0.15, -0.1) is 0 Å². The number of anilines is 2. The van der Waals surface area contributed by atoms with E-state index < -0.39 is 0 Å². The summed E-state index contributed by atoms with van der Waals surface area (Å²) in [6.07, 6.45) is 2.01. The van der Waals surface area contributed by atoms with Gasteiger partial charge in [-0.25, -0.2) is 4.98 Å². The number of nitrogens with two attached hydrogens (primary N) is 1. The number of fused-ring (bicyclic) bond motifs is 1. The molecule has 0 aliphatic carbocycles. The standard InChI is InChI=1S/C16H17N3O/c1-11-9-13(10-15(17)18-11)16(20)19-8-4-6-12-5-2-3-7-14(12)19/h2-3,5,7,9-10H,4,6,8H2,1H3,(H2,17,18). The van der Waals surface area contributed by atoms with E-state index in [4.69, 9.17) is 5.73 Å². The zero-order valence-electron chi connectivity index (χ0n) is 11.5. The number of para-hydroxylation sites is 1. The maximum absolute atomic E-state index is 12.7. The van der Waals surface area contributed by atoms with Crippen molar-refractivity contribution in [2.75, 3.05) is 17.2 Å². The number of aryl methyl sites for hydroxylation is 2. The summed E-state index contributed by atoms with van der Waals surface area (Å²) >= 11 is 0. The molecule has 3 rings (SSSR count). The molecule has 1 aliphatic heterocycles. The number of rotatable bonds is 1. The van der Waals surface area contributed by atoms with Gasteiger partial charge in [0.05, 0.1) is 0 Å². The Kier molecular flexibility index (Phi) is 3.14. The normalized spacial score (nSPS) is 13.9. The Bertz CT molecular complexity index is 646. The summed E-state index contributed by atoms with van der Waals surface area (Å²) < 4.78 is 0. The fourth-order valence-corrected chi connectivity index (χ4v) is 2.72. The molecule has 0 saturated heterocycles. The number of benzene rings is 1. The van der Waals surface area contributed by atoms with E-state index in [1.165, 1.54) is 5.56 Å². The molecule has 1 amide bonds. The van der Waals surface area contributed by atoms with Crippen LogP contribution in [0.25, 0.3) is 0 Å². The molecule has 2 aromatic rings. The summed E-state index contributed by atoms with van der Waals surface area (Å²) in [4.78, 5) is 18.7. The van der Waals surface area contributed by atoms with Gasteiger partial charge in [-0.1, -0.05) is 18.2 Å². The second-order valence-corrected chi connectivity index (χ2v) is 5.11. The minimum atomic E-state index is -0.00523. The quantitative estimate of drug-likeness (QED) is 0.863. The maximum atomic E-state index is 12.7. The van der Waals surface area contributed by atoms with Gasteiger partial charge < -0.3 is 10.6 Å². The van der Waals surface area contributed by atoms with E-state index in [0.717, 1.165) is 30.8 Å². The van der Waals surface area contributed by atoms with Gasteiger partial charge in [-0.2, -0.15) is 0 Å². The van der Waals surface area contributed by atoms with Crippen LogP contribution >= 0.6 is 0 Å².